The maximum Gasteiger partial charge on any atom is 0.125 e. The van der Waals surface area contributed by atoms with Crippen molar-refractivity contribution in [3.63, 3.8) is 0 Å². The second-order valence-corrected chi connectivity index (χ2v) is 6.84. The van der Waals surface area contributed by atoms with Crippen LogP contribution in [0.5, 0.6) is 5.75 Å². The van der Waals surface area contributed by atoms with Gasteiger partial charge in [-0.05, 0) is 36.1 Å². The highest BCUT2D eigenvalue weighted by molar-refractivity contribution is 9.10. The number of hydrogen-bond acceptors (Lipinski definition) is 3. The van der Waals surface area contributed by atoms with E-state index in [0.717, 1.165) is 36.1 Å². The Morgan fingerprint density at radius 3 is 2.86 bits per heavy atom. The molecule has 0 aromatic heterocycles. The molecule has 2 rings (SSSR count). The van der Waals surface area contributed by atoms with Crippen molar-refractivity contribution in [1.29, 1.82) is 0 Å². The lowest BCUT2D eigenvalue weighted by Crippen LogP contribution is -2.36. The molecule has 1 atom stereocenters. The number of benzene rings is 1. The highest BCUT2D eigenvalue weighted by Gasteiger charge is 2.19. The molecule has 1 aliphatic heterocycles. The first kappa shape index (κ1) is 16.8. The molecule has 4 heteroatoms. The van der Waals surface area contributed by atoms with Gasteiger partial charge in [-0.3, -0.25) is 11.3 Å². The fourth-order valence-electron chi connectivity index (χ4n) is 3.00. The Bertz CT molecular complexity index is 451. The van der Waals surface area contributed by atoms with Gasteiger partial charge in [-0.1, -0.05) is 55.0 Å². The summed E-state index contributed by atoms with van der Waals surface area (Å²) >= 11 is 3.60. The van der Waals surface area contributed by atoms with Crippen LogP contribution in [-0.4, -0.2) is 12.6 Å². The summed E-state index contributed by atoms with van der Waals surface area (Å²) in [6.07, 6.45) is 9.59. The second-order valence-electron chi connectivity index (χ2n) is 5.92. The Morgan fingerprint density at radius 2 is 2.10 bits per heavy atom. The molecule has 1 unspecified atom stereocenters. The number of nitrogens with two attached hydrogens (primary N) is 1. The van der Waals surface area contributed by atoms with Gasteiger partial charge >= 0.3 is 0 Å². The Kier molecular flexibility index (Phi) is 7.00. The van der Waals surface area contributed by atoms with Gasteiger partial charge in [0.15, 0.2) is 0 Å². The normalized spacial score (nSPS) is 14.8. The zero-order valence-electron chi connectivity index (χ0n) is 13.0. The number of hydrazine groups is 1. The quantitative estimate of drug-likeness (QED) is 0.398. The van der Waals surface area contributed by atoms with Gasteiger partial charge in [0, 0.05) is 16.9 Å². The van der Waals surface area contributed by atoms with Gasteiger partial charge in [0.05, 0.1) is 6.61 Å². The SMILES string of the molecule is CCCCCCCC(Cc1cc(Br)cc2c1OCC2)NN. The molecule has 1 aromatic rings. The van der Waals surface area contributed by atoms with Gasteiger partial charge in [-0.15, -0.1) is 0 Å². The standard InChI is InChI=1S/C17H27BrN2O/c1-2-3-4-5-6-7-16(20-19)12-14-11-15(18)10-13-8-9-21-17(13)14/h10-11,16,20H,2-9,12,19H2,1H3. The maximum atomic E-state index is 5.80. The minimum atomic E-state index is 0.328. The van der Waals surface area contributed by atoms with Crippen molar-refractivity contribution in [3.05, 3.63) is 27.7 Å². The fraction of sp³-hybridized carbons (Fsp3) is 0.647. The van der Waals surface area contributed by atoms with Gasteiger partial charge in [0.25, 0.3) is 0 Å². The van der Waals surface area contributed by atoms with Gasteiger partial charge in [-0.25, -0.2) is 0 Å². The smallest absolute Gasteiger partial charge is 0.125 e. The minimum Gasteiger partial charge on any atom is -0.493 e. The third-order valence-electron chi connectivity index (χ3n) is 4.18. The van der Waals surface area contributed by atoms with Gasteiger partial charge in [-0.2, -0.15) is 0 Å². The molecule has 0 amide bonds. The van der Waals surface area contributed by atoms with E-state index >= 15 is 0 Å². The molecule has 118 valence electrons. The van der Waals surface area contributed by atoms with Crippen molar-refractivity contribution < 1.29 is 4.74 Å². The summed E-state index contributed by atoms with van der Waals surface area (Å²) in [5.41, 5.74) is 5.57. The van der Waals surface area contributed by atoms with Crippen LogP contribution in [0.15, 0.2) is 16.6 Å². The zero-order chi connectivity index (χ0) is 15.1. The Balaban J connectivity index is 1.90. The molecular weight excluding hydrogens is 328 g/mol. The molecular formula is C17H27BrN2O. The third-order valence-corrected chi connectivity index (χ3v) is 4.64. The van der Waals surface area contributed by atoms with E-state index in [9.17, 15) is 0 Å². The molecule has 3 N–H and O–H groups in total. The van der Waals surface area contributed by atoms with Crippen molar-refractivity contribution in [1.82, 2.24) is 5.43 Å². The average Bonchev–Trinajstić information content (AvgIpc) is 2.93. The van der Waals surface area contributed by atoms with Gasteiger partial charge in [0.2, 0.25) is 0 Å². The molecule has 0 bridgehead atoms. The predicted octanol–water partition coefficient (Wildman–Crippen LogP) is 4.12. The zero-order valence-corrected chi connectivity index (χ0v) is 14.5. The second kappa shape index (κ2) is 8.76. The van der Waals surface area contributed by atoms with Crippen molar-refractivity contribution in [3.8, 4) is 5.75 Å². The molecule has 21 heavy (non-hydrogen) atoms. The van der Waals surface area contributed by atoms with Crippen molar-refractivity contribution in [2.45, 2.75) is 64.3 Å². The average molecular weight is 355 g/mol. The van der Waals surface area contributed by atoms with Crippen molar-refractivity contribution in [2.24, 2.45) is 5.84 Å². The van der Waals surface area contributed by atoms with Crippen LogP contribution in [-0.2, 0) is 12.8 Å². The van der Waals surface area contributed by atoms with Crippen LogP contribution >= 0.6 is 15.9 Å². The van der Waals surface area contributed by atoms with Gasteiger partial charge < -0.3 is 4.74 Å². The summed E-state index contributed by atoms with van der Waals surface area (Å²) in [5.74, 6) is 6.83. The Hall–Kier alpha value is -0.580. The van der Waals surface area contributed by atoms with Crippen LogP contribution in [0.25, 0.3) is 0 Å². The predicted molar refractivity (Wildman–Crippen MR) is 91.5 cm³/mol. The highest BCUT2D eigenvalue weighted by Crippen LogP contribution is 2.34. The van der Waals surface area contributed by atoms with Crippen molar-refractivity contribution in [2.75, 3.05) is 6.61 Å². The number of hydrogen-bond donors (Lipinski definition) is 2. The molecule has 0 aliphatic carbocycles. The number of ether oxygens (including phenoxy) is 1. The lowest BCUT2D eigenvalue weighted by atomic mass is 9.98. The molecule has 0 fully saturated rings. The molecule has 0 saturated carbocycles. The van der Waals surface area contributed by atoms with Crippen LogP contribution in [0.1, 0.15) is 56.6 Å². The first-order chi connectivity index (χ1) is 10.2. The highest BCUT2D eigenvalue weighted by atomic mass is 79.9. The summed E-state index contributed by atoms with van der Waals surface area (Å²) in [5, 5.41) is 0. The van der Waals surface area contributed by atoms with E-state index in [2.05, 4.69) is 40.4 Å². The van der Waals surface area contributed by atoms with Crippen LogP contribution in [0.4, 0.5) is 0 Å². The number of nitrogens with one attached hydrogen (secondary N) is 1. The molecule has 1 heterocycles. The van der Waals surface area contributed by atoms with Crippen LogP contribution in [0.3, 0.4) is 0 Å². The largest absolute Gasteiger partial charge is 0.493 e. The topological polar surface area (TPSA) is 47.3 Å². The minimum absolute atomic E-state index is 0.328. The van der Waals surface area contributed by atoms with Crippen LogP contribution in [0.2, 0.25) is 0 Å². The van der Waals surface area contributed by atoms with E-state index in [1.165, 1.54) is 43.2 Å². The van der Waals surface area contributed by atoms with E-state index in [1.54, 1.807) is 0 Å². The number of unbranched alkanes of at least 4 members (excludes halogenated alkanes) is 4. The molecule has 1 aliphatic rings. The molecule has 0 radical (unpaired) electrons. The molecule has 0 saturated heterocycles. The summed E-state index contributed by atoms with van der Waals surface area (Å²) < 4.78 is 6.94. The number of rotatable bonds is 9. The van der Waals surface area contributed by atoms with E-state index in [-0.39, 0.29) is 0 Å². The molecule has 0 spiro atoms. The summed E-state index contributed by atoms with van der Waals surface area (Å²) in [6.45, 7) is 3.05. The fourth-order valence-corrected chi connectivity index (χ4v) is 3.55. The lowest BCUT2D eigenvalue weighted by Gasteiger charge is -2.18. The Labute approximate surface area is 136 Å². The van der Waals surface area contributed by atoms with E-state index in [1.807, 2.05) is 0 Å². The number of halogens is 1. The van der Waals surface area contributed by atoms with E-state index in [4.69, 9.17) is 10.6 Å². The molecule has 1 aromatic carbocycles. The molecule has 3 nitrogen and oxygen atoms in total. The summed E-state index contributed by atoms with van der Waals surface area (Å²) in [7, 11) is 0. The van der Waals surface area contributed by atoms with Gasteiger partial charge in [0.1, 0.15) is 5.75 Å². The Morgan fingerprint density at radius 1 is 1.29 bits per heavy atom. The number of fused-ring (bicyclic) bond motifs is 1. The first-order valence-electron chi connectivity index (χ1n) is 8.14. The van der Waals surface area contributed by atoms with Crippen molar-refractivity contribution >= 4 is 15.9 Å². The van der Waals surface area contributed by atoms with Crippen LogP contribution in [0, 0.1) is 0 Å². The lowest BCUT2D eigenvalue weighted by molar-refractivity contribution is 0.350. The monoisotopic (exact) mass is 354 g/mol. The van der Waals surface area contributed by atoms with E-state index in [0.29, 0.717) is 6.04 Å². The van der Waals surface area contributed by atoms with E-state index < -0.39 is 0 Å². The summed E-state index contributed by atoms with van der Waals surface area (Å²) in [4.78, 5) is 0. The first-order valence-corrected chi connectivity index (χ1v) is 8.94. The maximum absolute atomic E-state index is 5.80. The van der Waals surface area contributed by atoms with Crippen LogP contribution < -0.4 is 16.0 Å². The summed E-state index contributed by atoms with van der Waals surface area (Å²) in [6, 6.07) is 4.67. The third kappa shape index (κ3) is 4.97.